The van der Waals surface area contributed by atoms with Crippen LogP contribution in [0.25, 0.3) is 5.69 Å². The Hall–Kier alpha value is -3.18. The first kappa shape index (κ1) is 28.4. The van der Waals surface area contributed by atoms with Gasteiger partial charge in [-0.2, -0.15) is 0 Å². The minimum Gasteiger partial charge on any atom is -0.307 e. The molecule has 0 fully saturated rings. The Balaban J connectivity index is 1.55. The van der Waals surface area contributed by atoms with Crippen molar-refractivity contribution in [3.63, 3.8) is 0 Å². The van der Waals surface area contributed by atoms with E-state index in [1.165, 1.54) is 29.9 Å². The van der Waals surface area contributed by atoms with Crippen LogP contribution in [0.15, 0.2) is 81.3 Å². The number of benzene rings is 3. The summed E-state index contributed by atoms with van der Waals surface area (Å²) in [6.45, 7) is 2.14. The molecule has 8 nitrogen and oxygen atoms in total. The third-order valence-corrected chi connectivity index (χ3v) is 10.5. The Morgan fingerprint density at radius 2 is 1.75 bits per heavy atom. The van der Waals surface area contributed by atoms with E-state index in [9.17, 15) is 18.0 Å². The molecule has 0 atom stereocenters. The second kappa shape index (κ2) is 11.0. The molecule has 1 amide bonds. The van der Waals surface area contributed by atoms with E-state index >= 15 is 0 Å². The molecule has 2 heterocycles. The van der Waals surface area contributed by atoms with Gasteiger partial charge in [0.2, 0.25) is 0 Å². The predicted octanol–water partition coefficient (Wildman–Crippen LogP) is 5.76. The normalized spacial score (nSPS) is 13.6. The van der Waals surface area contributed by atoms with Crippen molar-refractivity contribution >= 4 is 62.3 Å². The topological polar surface area (TPSA) is 84.6 Å². The maximum Gasteiger partial charge on any atom is 0.296 e. The van der Waals surface area contributed by atoms with Gasteiger partial charge in [-0.3, -0.25) is 18.6 Å². The van der Waals surface area contributed by atoms with Crippen molar-refractivity contribution in [2.75, 3.05) is 28.6 Å². The summed E-state index contributed by atoms with van der Waals surface area (Å²) in [6, 6.07) is 18.5. The molecule has 1 aromatic heterocycles. The quantitative estimate of drug-likeness (QED) is 0.285. The highest BCUT2D eigenvalue weighted by Gasteiger charge is 2.32. The molecule has 1 aliphatic heterocycles. The fourth-order valence-electron chi connectivity index (χ4n) is 4.74. The zero-order chi connectivity index (χ0) is 28.8. The van der Waals surface area contributed by atoms with Crippen molar-refractivity contribution in [3.05, 3.63) is 98.4 Å². The number of fused-ring (bicyclic) bond motifs is 1. The molecule has 0 radical (unpaired) electrons. The Kier molecular flexibility index (Phi) is 7.80. The molecule has 12 heteroatoms. The molecule has 0 saturated heterocycles. The number of carbonyl (C=O) groups excluding carboxylic acids is 1. The van der Waals surface area contributed by atoms with E-state index in [-0.39, 0.29) is 27.1 Å². The van der Waals surface area contributed by atoms with E-state index in [2.05, 4.69) is 0 Å². The Morgan fingerprint density at radius 1 is 1.02 bits per heavy atom. The van der Waals surface area contributed by atoms with Gasteiger partial charge in [0.1, 0.15) is 10.6 Å². The molecule has 208 valence electrons. The Bertz CT molecular complexity index is 1790. The average Bonchev–Trinajstić information content (AvgIpc) is 3.06. The minimum absolute atomic E-state index is 0.0190. The number of nitrogens with zero attached hydrogens (tertiary/aromatic N) is 4. The number of rotatable bonds is 5. The standard InChI is InChI=1S/C28H26Cl2N4O4S2/c1-18-26(28(36)34(31(18)2)21-8-5-4-6-9-21)32(3)40(37,38)25-16-19(10-12-22(25)30)27(35)33-14-7-15-39-24-17-20(29)11-13-23(24)33/h4-6,8-13,16-17H,7,14-15H2,1-3H3. The molecule has 5 rings (SSSR count). The number of sulfonamides is 1. The number of para-hydroxylation sites is 1. The van der Waals surface area contributed by atoms with Crippen molar-refractivity contribution in [1.29, 1.82) is 0 Å². The predicted molar refractivity (Wildman–Crippen MR) is 161 cm³/mol. The molecule has 4 aromatic rings. The van der Waals surface area contributed by atoms with Crippen LogP contribution >= 0.6 is 35.0 Å². The fourth-order valence-corrected chi connectivity index (χ4v) is 7.75. The number of aromatic nitrogens is 2. The van der Waals surface area contributed by atoms with E-state index in [0.29, 0.717) is 22.9 Å². The van der Waals surface area contributed by atoms with Crippen LogP contribution in [0.1, 0.15) is 22.5 Å². The number of carbonyl (C=O) groups is 1. The smallest absolute Gasteiger partial charge is 0.296 e. The van der Waals surface area contributed by atoms with Gasteiger partial charge in [-0.15, -0.1) is 11.8 Å². The zero-order valence-electron chi connectivity index (χ0n) is 22.0. The van der Waals surface area contributed by atoms with E-state index in [1.54, 1.807) is 71.7 Å². The lowest BCUT2D eigenvalue weighted by Gasteiger charge is -2.24. The van der Waals surface area contributed by atoms with Crippen molar-refractivity contribution in [2.45, 2.75) is 23.1 Å². The van der Waals surface area contributed by atoms with Crippen molar-refractivity contribution in [3.8, 4) is 5.69 Å². The third-order valence-electron chi connectivity index (χ3n) is 6.90. The number of anilines is 2. The highest BCUT2D eigenvalue weighted by molar-refractivity contribution is 7.99. The van der Waals surface area contributed by atoms with Gasteiger partial charge in [0.05, 0.1) is 22.1 Å². The van der Waals surface area contributed by atoms with E-state index in [0.717, 1.165) is 27.1 Å². The van der Waals surface area contributed by atoms with Gasteiger partial charge in [0, 0.05) is 36.1 Å². The van der Waals surface area contributed by atoms with Gasteiger partial charge >= 0.3 is 0 Å². The van der Waals surface area contributed by atoms with E-state index < -0.39 is 15.6 Å². The molecule has 0 bridgehead atoms. The summed E-state index contributed by atoms with van der Waals surface area (Å²) in [6.07, 6.45) is 0.755. The number of hydrogen-bond donors (Lipinski definition) is 0. The lowest BCUT2D eigenvalue weighted by Crippen LogP contribution is -2.33. The zero-order valence-corrected chi connectivity index (χ0v) is 25.1. The summed E-state index contributed by atoms with van der Waals surface area (Å²) in [4.78, 5) is 29.5. The summed E-state index contributed by atoms with van der Waals surface area (Å²) in [5.41, 5.74) is 1.40. The monoisotopic (exact) mass is 616 g/mol. The molecule has 40 heavy (non-hydrogen) atoms. The lowest BCUT2D eigenvalue weighted by atomic mass is 10.1. The Labute approximate surface area is 246 Å². The summed E-state index contributed by atoms with van der Waals surface area (Å²) in [7, 11) is -1.34. The molecule has 3 aromatic carbocycles. The second-order valence-corrected chi connectivity index (χ2v) is 13.2. The number of hydrogen-bond acceptors (Lipinski definition) is 5. The van der Waals surface area contributed by atoms with Crippen LogP contribution in [0.4, 0.5) is 11.4 Å². The van der Waals surface area contributed by atoms with Gasteiger partial charge in [-0.25, -0.2) is 13.1 Å². The van der Waals surface area contributed by atoms with Gasteiger partial charge in [-0.05, 0) is 67.6 Å². The van der Waals surface area contributed by atoms with Crippen molar-refractivity contribution in [1.82, 2.24) is 9.36 Å². The molecule has 1 aliphatic rings. The lowest BCUT2D eigenvalue weighted by molar-refractivity contribution is 0.0986. The van der Waals surface area contributed by atoms with Gasteiger partial charge in [-0.1, -0.05) is 41.4 Å². The van der Waals surface area contributed by atoms with Crippen molar-refractivity contribution < 1.29 is 13.2 Å². The van der Waals surface area contributed by atoms with Crippen LogP contribution in [0.2, 0.25) is 10.0 Å². The minimum atomic E-state index is -4.33. The van der Waals surface area contributed by atoms with E-state index in [1.807, 2.05) is 12.1 Å². The summed E-state index contributed by atoms with van der Waals surface area (Å²) in [5.74, 6) is 0.461. The third kappa shape index (κ3) is 4.94. The van der Waals surface area contributed by atoms with Crippen molar-refractivity contribution in [2.24, 2.45) is 7.05 Å². The van der Waals surface area contributed by atoms with Crippen LogP contribution in [0.5, 0.6) is 0 Å². The molecule has 0 N–H and O–H groups in total. The van der Waals surface area contributed by atoms with Gasteiger partial charge in [0.25, 0.3) is 21.5 Å². The SMILES string of the molecule is Cc1c(N(C)S(=O)(=O)c2cc(C(=O)N3CCCSc4cc(Cl)ccc43)ccc2Cl)c(=O)n(-c2ccccc2)n1C. The molecular formula is C28H26Cl2N4O4S2. The van der Waals surface area contributed by atoms with Crippen LogP contribution < -0.4 is 14.8 Å². The first-order valence-corrected chi connectivity index (χ1v) is 15.6. The first-order valence-electron chi connectivity index (χ1n) is 12.4. The largest absolute Gasteiger partial charge is 0.307 e. The molecule has 0 saturated carbocycles. The molecule has 0 unspecified atom stereocenters. The highest BCUT2D eigenvalue weighted by Crippen LogP contribution is 2.37. The summed E-state index contributed by atoms with van der Waals surface area (Å²) >= 11 is 14.2. The summed E-state index contributed by atoms with van der Waals surface area (Å²) in [5, 5.41) is 0.518. The fraction of sp³-hybridized carbons (Fsp3) is 0.214. The summed E-state index contributed by atoms with van der Waals surface area (Å²) < 4.78 is 31.7. The van der Waals surface area contributed by atoms with Crippen LogP contribution in [-0.4, -0.2) is 43.0 Å². The first-order chi connectivity index (χ1) is 19.0. The maximum absolute atomic E-state index is 13.9. The van der Waals surface area contributed by atoms with E-state index in [4.69, 9.17) is 23.2 Å². The van der Waals surface area contributed by atoms with Crippen LogP contribution in [0, 0.1) is 6.92 Å². The van der Waals surface area contributed by atoms with Gasteiger partial charge < -0.3 is 4.90 Å². The molecule has 0 aliphatic carbocycles. The Morgan fingerprint density at radius 3 is 2.48 bits per heavy atom. The number of halogens is 2. The molecular weight excluding hydrogens is 591 g/mol. The number of amides is 1. The van der Waals surface area contributed by atoms with Gasteiger partial charge in [0.15, 0.2) is 0 Å². The highest BCUT2D eigenvalue weighted by atomic mass is 35.5. The van der Waals surface area contributed by atoms with Crippen LogP contribution in [-0.2, 0) is 17.1 Å². The maximum atomic E-state index is 13.9. The average molecular weight is 618 g/mol. The number of thioether (sulfide) groups is 1. The molecule has 0 spiro atoms. The van der Waals surface area contributed by atoms with Crippen LogP contribution in [0.3, 0.4) is 0 Å². The second-order valence-electron chi connectivity index (χ2n) is 9.30.